The summed E-state index contributed by atoms with van der Waals surface area (Å²) in [5.41, 5.74) is 2.66. The van der Waals surface area contributed by atoms with Crippen molar-refractivity contribution in [1.82, 2.24) is 9.88 Å². The van der Waals surface area contributed by atoms with Crippen LogP contribution in [0.1, 0.15) is 31.1 Å². The number of imide groups is 1. The van der Waals surface area contributed by atoms with Crippen LogP contribution in [-0.4, -0.2) is 29.5 Å². The molecule has 2 heterocycles. The number of hydrogen-bond acceptors (Lipinski definition) is 6. The smallest absolute Gasteiger partial charge is 0.343 e. The molecule has 0 atom stereocenters. The zero-order valence-electron chi connectivity index (χ0n) is 12.6. The summed E-state index contributed by atoms with van der Waals surface area (Å²) in [6.45, 7) is 0. The molecule has 0 unspecified atom stereocenters. The lowest BCUT2D eigenvalue weighted by Crippen LogP contribution is -2.25. The number of benzene rings is 1. The third kappa shape index (κ3) is 2.26. The second-order valence-electron chi connectivity index (χ2n) is 5.02. The molecule has 2 amide bonds. The topological polar surface area (TPSA) is 120 Å². The number of esters is 1. The molecule has 1 aromatic carbocycles. The number of rotatable bonds is 2. The summed E-state index contributed by atoms with van der Waals surface area (Å²) in [5, 5.41) is 1.95. The summed E-state index contributed by atoms with van der Waals surface area (Å²) in [7, 11) is 0.930. The van der Waals surface area contributed by atoms with Gasteiger partial charge in [0.05, 0.1) is 23.9 Å². The van der Waals surface area contributed by atoms with Crippen molar-refractivity contribution in [3.63, 3.8) is 0 Å². The van der Waals surface area contributed by atoms with Gasteiger partial charge in [-0.3, -0.25) is 24.3 Å². The van der Waals surface area contributed by atoms with Gasteiger partial charge in [0, 0.05) is 6.07 Å². The van der Waals surface area contributed by atoms with E-state index in [1.54, 1.807) is 0 Å². The Morgan fingerprint density at radius 2 is 1.88 bits per heavy atom. The Balaban J connectivity index is 2.35. The first-order valence-corrected chi connectivity index (χ1v) is 6.75. The standard InChI is InChI=1S/C15H9F2N3O5/c1-25-15(24)10-6(16)2-3-7(11(10)17)20-8(21)4-5-9(12(20)18)14(23)19-13(5)22/h2-4H,18H2,1H3,(H,19,22,23). The number of nitrogens with one attached hydrogen (secondary N) is 1. The van der Waals surface area contributed by atoms with Crippen LogP contribution in [0.4, 0.5) is 14.6 Å². The number of methoxy groups -OCH3 is 1. The average Bonchev–Trinajstić information content (AvgIpc) is 2.83. The van der Waals surface area contributed by atoms with Gasteiger partial charge in [0.1, 0.15) is 17.2 Å². The van der Waals surface area contributed by atoms with E-state index in [-0.39, 0.29) is 11.1 Å². The molecule has 8 nitrogen and oxygen atoms in total. The van der Waals surface area contributed by atoms with Gasteiger partial charge in [0.15, 0.2) is 5.82 Å². The molecular weight excluding hydrogens is 340 g/mol. The average molecular weight is 349 g/mol. The highest BCUT2D eigenvalue weighted by atomic mass is 19.1. The van der Waals surface area contributed by atoms with Crippen molar-refractivity contribution < 1.29 is 27.9 Å². The summed E-state index contributed by atoms with van der Waals surface area (Å²) in [6.07, 6.45) is 0. The van der Waals surface area contributed by atoms with E-state index in [0.29, 0.717) is 4.57 Å². The Kier molecular flexibility index (Phi) is 3.59. The van der Waals surface area contributed by atoms with Gasteiger partial charge in [-0.05, 0) is 12.1 Å². The lowest BCUT2D eigenvalue weighted by molar-refractivity contribution is 0.0589. The Morgan fingerprint density at radius 3 is 2.52 bits per heavy atom. The fourth-order valence-corrected chi connectivity index (χ4v) is 2.53. The molecule has 1 aliphatic rings. The first-order valence-electron chi connectivity index (χ1n) is 6.75. The second-order valence-corrected chi connectivity index (χ2v) is 5.02. The highest BCUT2D eigenvalue weighted by Crippen LogP contribution is 2.26. The number of nitrogens with zero attached hydrogens (tertiary/aromatic N) is 1. The van der Waals surface area contributed by atoms with Crippen molar-refractivity contribution in [2.24, 2.45) is 0 Å². The summed E-state index contributed by atoms with van der Waals surface area (Å²) in [6, 6.07) is 2.41. The van der Waals surface area contributed by atoms with Crippen molar-refractivity contribution in [1.29, 1.82) is 0 Å². The molecule has 0 fully saturated rings. The van der Waals surface area contributed by atoms with Crippen LogP contribution in [-0.2, 0) is 4.74 Å². The minimum atomic E-state index is -1.40. The van der Waals surface area contributed by atoms with Crippen LogP contribution in [0.2, 0.25) is 0 Å². The summed E-state index contributed by atoms with van der Waals surface area (Å²) in [4.78, 5) is 47.2. The number of aromatic nitrogens is 1. The number of carbonyl (C=O) groups excluding carboxylic acids is 3. The molecule has 2 aromatic rings. The molecule has 128 valence electrons. The Morgan fingerprint density at radius 1 is 1.20 bits per heavy atom. The van der Waals surface area contributed by atoms with Crippen LogP contribution in [0.15, 0.2) is 23.0 Å². The number of nitrogen functional groups attached to an aromatic ring is 1. The molecule has 1 aliphatic heterocycles. The van der Waals surface area contributed by atoms with E-state index < -0.39 is 52.0 Å². The van der Waals surface area contributed by atoms with E-state index >= 15 is 0 Å². The van der Waals surface area contributed by atoms with Crippen LogP contribution in [0.5, 0.6) is 0 Å². The van der Waals surface area contributed by atoms with E-state index in [0.717, 1.165) is 25.3 Å². The first-order chi connectivity index (χ1) is 11.8. The Labute approximate surface area is 137 Å². The van der Waals surface area contributed by atoms with Gasteiger partial charge in [0.2, 0.25) is 0 Å². The summed E-state index contributed by atoms with van der Waals surface area (Å²) >= 11 is 0. The molecule has 0 saturated carbocycles. The van der Waals surface area contributed by atoms with Crippen molar-refractivity contribution in [2.45, 2.75) is 0 Å². The van der Waals surface area contributed by atoms with Crippen molar-refractivity contribution in [3.8, 4) is 5.69 Å². The maximum atomic E-state index is 14.6. The molecule has 3 rings (SSSR count). The Hall–Kier alpha value is -3.56. The molecular formula is C15H9F2N3O5. The van der Waals surface area contributed by atoms with E-state index in [1.807, 2.05) is 5.32 Å². The fourth-order valence-electron chi connectivity index (χ4n) is 2.53. The minimum Gasteiger partial charge on any atom is -0.465 e. The fraction of sp³-hybridized carbons (Fsp3) is 0.0667. The van der Waals surface area contributed by atoms with E-state index in [2.05, 4.69) is 4.74 Å². The molecule has 0 saturated heterocycles. The maximum Gasteiger partial charge on any atom is 0.343 e. The Bertz CT molecular complexity index is 1030. The van der Waals surface area contributed by atoms with Gasteiger partial charge in [-0.25, -0.2) is 13.6 Å². The van der Waals surface area contributed by atoms with Crippen molar-refractivity contribution in [3.05, 3.63) is 56.9 Å². The monoisotopic (exact) mass is 349 g/mol. The molecule has 1 aromatic heterocycles. The van der Waals surface area contributed by atoms with E-state index in [9.17, 15) is 28.0 Å². The third-order valence-electron chi connectivity index (χ3n) is 3.65. The van der Waals surface area contributed by atoms with E-state index in [1.165, 1.54) is 0 Å². The van der Waals surface area contributed by atoms with Crippen molar-refractivity contribution in [2.75, 3.05) is 12.8 Å². The largest absolute Gasteiger partial charge is 0.465 e. The molecule has 0 radical (unpaired) electrons. The molecule has 25 heavy (non-hydrogen) atoms. The van der Waals surface area contributed by atoms with Gasteiger partial charge in [-0.1, -0.05) is 0 Å². The SMILES string of the molecule is COC(=O)c1c(F)ccc(-n2c(N)c3c(cc2=O)C(=O)NC3=O)c1F. The predicted octanol–water partition coefficient (Wildman–Crippen LogP) is 0.368. The van der Waals surface area contributed by atoms with Gasteiger partial charge >= 0.3 is 5.97 Å². The molecule has 3 N–H and O–H groups in total. The second kappa shape index (κ2) is 5.51. The number of halogens is 2. The van der Waals surface area contributed by atoms with E-state index in [4.69, 9.17) is 5.73 Å². The number of anilines is 1. The first kappa shape index (κ1) is 16.3. The predicted molar refractivity (Wildman–Crippen MR) is 79.5 cm³/mol. The van der Waals surface area contributed by atoms with Crippen LogP contribution < -0.4 is 16.6 Å². The van der Waals surface area contributed by atoms with Gasteiger partial charge in [-0.2, -0.15) is 0 Å². The highest BCUT2D eigenvalue weighted by Gasteiger charge is 2.33. The molecule has 10 heteroatoms. The summed E-state index contributed by atoms with van der Waals surface area (Å²) in [5.74, 6) is -6.09. The number of ether oxygens (including phenoxy) is 1. The third-order valence-corrected chi connectivity index (χ3v) is 3.65. The number of amides is 2. The van der Waals surface area contributed by atoms with Crippen molar-refractivity contribution >= 4 is 23.6 Å². The number of nitrogens with two attached hydrogens (primary N) is 1. The maximum absolute atomic E-state index is 14.6. The number of pyridine rings is 1. The van der Waals surface area contributed by atoms with Crippen LogP contribution in [0.3, 0.4) is 0 Å². The van der Waals surface area contributed by atoms with Crippen LogP contribution >= 0.6 is 0 Å². The minimum absolute atomic E-state index is 0.250. The highest BCUT2D eigenvalue weighted by molar-refractivity contribution is 6.23. The molecule has 0 aliphatic carbocycles. The zero-order chi connectivity index (χ0) is 18.5. The normalized spacial score (nSPS) is 12.8. The lowest BCUT2D eigenvalue weighted by atomic mass is 10.1. The van der Waals surface area contributed by atoms with Crippen LogP contribution in [0, 0.1) is 11.6 Å². The van der Waals surface area contributed by atoms with Gasteiger partial charge in [-0.15, -0.1) is 0 Å². The lowest BCUT2D eigenvalue weighted by Gasteiger charge is -2.14. The quantitative estimate of drug-likeness (QED) is 0.597. The summed E-state index contributed by atoms with van der Waals surface area (Å²) < 4.78 is 33.2. The molecule has 0 spiro atoms. The number of fused-ring (bicyclic) bond motifs is 1. The van der Waals surface area contributed by atoms with Crippen LogP contribution in [0.25, 0.3) is 5.69 Å². The van der Waals surface area contributed by atoms with Gasteiger partial charge in [0.25, 0.3) is 17.4 Å². The van der Waals surface area contributed by atoms with Gasteiger partial charge < -0.3 is 10.5 Å². The number of hydrogen-bond donors (Lipinski definition) is 2. The molecule has 0 bridgehead atoms. The zero-order valence-corrected chi connectivity index (χ0v) is 12.6. The number of carbonyl (C=O) groups is 3.